The Hall–Kier alpha value is -2.64. The smallest absolute Gasteiger partial charge is 0.411 e. The van der Waals surface area contributed by atoms with Crippen LogP contribution in [0.15, 0.2) is 18.2 Å². The Morgan fingerprint density at radius 3 is 2.71 bits per heavy atom. The molecule has 2 fully saturated rings. The van der Waals surface area contributed by atoms with Crippen molar-refractivity contribution in [2.45, 2.75) is 25.3 Å². The van der Waals surface area contributed by atoms with Crippen molar-refractivity contribution in [3.8, 4) is 0 Å². The molecule has 0 aromatic heterocycles. The van der Waals surface area contributed by atoms with Crippen molar-refractivity contribution in [2.75, 3.05) is 24.3 Å². The predicted molar refractivity (Wildman–Crippen MR) is 83.9 cm³/mol. The van der Waals surface area contributed by atoms with E-state index >= 15 is 0 Å². The highest BCUT2D eigenvalue weighted by Gasteiger charge is 2.41. The minimum atomic E-state index is -0.807. The van der Waals surface area contributed by atoms with Crippen molar-refractivity contribution in [1.29, 1.82) is 0 Å². The van der Waals surface area contributed by atoms with Crippen LogP contribution in [-0.4, -0.2) is 42.5 Å². The first-order chi connectivity index (χ1) is 11.5. The lowest BCUT2D eigenvalue weighted by atomic mass is 10.1. The zero-order chi connectivity index (χ0) is 17.3. The minimum absolute atomic E-state index is 0.00445. The molecule has 1 aliphatic carbocycles. The second-order valence-electron chi connectivity index (χ2n) is 5.98. The van der Waals surface area contributed by atoms with Gasteiger partial charge in [0.25, 0.3) is 0 Å². The van der Waals surface area contributed by atoms with Gasteiger partial charge in [-0.1, -0.05) is 0 Å². The van der Waals surface area contributed by atoms with Crippen LogP contribution in [0.3, 0.4) is 0 Å². The standard InChI is InChI=1S/C16H18FN3O4/c1-24-16(23)19-13-7-10(2-5-12(13)17)18-15(22)9-6-14(21)20(8-9)11-3-4-11/h2,5,7,9,11H,3-4,6,8H2,1H3,(H,18,22)(H,19,23)/t9-/m1/s1. The van der Waals surface area contributed by atoms with Crippen LogP contribution in [0.1, 0.15) is 19.3 Å². The first kappa shape index (κ1) is 16.2. The maximum Gasteiger partial charge on any atom is 0.411 e. The fraction of sp³-hybridized carbons (Fsp3) is 0.438. The first-order valence-electron chi connectivity index (χ1n) is 7.73. The van der Waals surface area contributed by atoms with Crippen LogP contribution in [0, 0.1) is 11.7 Å². The molecule has 0 bridgehead atoms. The van der Waals surface area contributed by atoms with Gasteiger partial charge in [-0.15, -0.1) is 0 Å². The van der Waals surface area contributed by atoms with Crippen LogP contribution in [0.25, 0.3) is 0 Å². The fourth-order valence-electron chi connectivity index (χ4n) is 2.75. The third kappa shape index (κ3) is 3.47. The summed E-state index contributed by atoms with van der Waals surface area (Å²) in [5.41, 5.74) is 0.242. The zero-order valence-corrected chi connectivity index (χ0v) is 13.2. The average molecular weight is 335 g/mol. The summed E-state index contributed by atoms with van der Waals surface area (Å²) in [6.07, 6.45) is 1.39. The number of carbonyl (C=O) groups excluding carboxylic acids is 3. The summed E-state index contributed by atoms with van der Waals surface area (Å²) in [7, 11) is 1.17. The number of halogens is 1. The molecule has 3 rings (SSSR count). The summed E-state index contributed by atoms with van der Waals surface area (Å²) in [5.74, 6) is -1.35. The highest BCUT2D eigenvalue weighted by Crippen LogP contribution is 2.33. The molecule has 0 unspecified atom stereocenters. The van der Waals surface area contributed by atoms with E-state index in [1.807, 2.05) is 0 Å². The maximum absolute atomic E-state index is 13.7. The predicted octanol–water partition coefficient (Wildman–Crippen LogP) is 1.95. The van der Waals surface area contributed by atoms with Crippen LogP contribution in [-0.2, 0) is 14.3 Å². The molecule has 7 nitrogen and oxygen atoms in total. The normalized spacial score (nSPS) is 20.0. The van der Waals surface area contributed by atoms with Gasteiger partial charge in [0, 0.05) is 24.7 Å². The van der Waals surface area contributed by atoms with Crippen LogP contribution in [0.5, 0.6) is 0 Å². The van der Waals surface area contributed by atoms with Crippen molar-refractivity contribution in [1.82, 2.24) is 4.90 Å². The van der Waals surface area contributed by atoms with E-state index in [1.165, 1.54) is 19.2 Å². The molecular formula is C16H18FN3O4. The molecule has 2 N–H and O–H groups in total. The number of hydrogen-bond donors (Lipinski definition) is 2. The van der Waals surface area contributed by atoms with Crippen LogP contribution >= 0.6 is 0 Å². The van der Waals surface area contributed by atoms with Gasteiger partial charge in [-0.05, 0) is 31.0 Å². The number of nitrogens with one attached hydrogen (secondary N) is 2. The fourth-order valence-corrected chi connectivity index (χ4v) is 2.75. The summed E-state index contributed by atoms with van der Waals surface area (Å²) in [6, 6.07) is 4.12. The van der Waals surface area contributed by atoms with Gasteiger partial charge in [0.05, 0.1) is 18.7 Å². The van der Waals surface area contributed by atoms with Gasteiger partial charge in [-0.25, -0.2) is 9.18 Å². The van der Waals surface area contributed by atoms with E-state index in [4.69, 9.17) is 0 Å². The number of carbonyl (C=O) groups is 3. The summed E-state index contributed by atoms with van der Waals surface area (Å²) in [5, 5.41) is 4.90. The Morgan fingerprint density at radius 2 is 2.04 bits per heavy atom. The van der Waals surface area contributed by atoms with Crippen molar-refractivity contribution < 1.29 is 23.5 Å². The van der Waals surface area contributed by atoms with Gasteiger partial charge >= 0.3 is 6.09 Å². The highest BCUT2D eigenvalue weighted by molar-refractivity contribution is 5.98. The molecule has 128 valence electrons. The molecule has 1 heterocycles. The summed E-state index contributed by atoms with van der Waals surface area (Å²) >= 11 is 0. The van der Waals surface area contributed by atoms with E-state index in [0.29, 0.717) is 12.2 Å². The van der Waals surface area contributed by atoms with Crippen molar-refractivity contribution in [3.63, 3.8) is 0 Å². The van der Waals surface area contributed by atoms with Gasteiger partial charge < -0.3 is 15.0 Å². The molecule has 24 heavy (non-hydrogen) atoms. The minimum Gasteiger partial charge on any atom is -0.453 e. The van der Waals surface area contributed by atoms with E-state index < -0.39 is 17.8 Å². The van der Waals surface area contributed by atoms with Crippen LogP contribution < -0.4 is 10.6 Å². The van der Waals surface area contributed by atoms with E-state index in [-0.39, 0.29) is 30.0 Å². The lowest BCUT2D eigenvalue weighted by Crippen LogP contribution is -2.29. The van der Waals surface area contributed by atoms with Crippen LogP contribution in [0.2, 0.25) is 0 Å². The topological polar surface area (TPSA) is 87.7 Å². The highest BCUT2D eigenvalue weighted by atomic mass is 19.1. The zero-order valence-electron chi connectivity index (χ0n) is 13.2. The SMILES string of the molecule is COC(=O)Nc1cc(NC(=O)[C@@H]2CC(=O)N(C3CC3)C2)ccc1F. The van der Waals surface area contributed by atoms with E-state index in [2.05, 4.69) is 15.4 Å². The van der Waals surface area contributed by atoms with E-state index in [1.54, 1.807) is 4.90 Å². The molecule has 1 aromatic rings. The average Bonchev–Trinajstić information content (AvgIpc) is 3.32. The number of anilines is 2. The lowest BCUT2D eigenvalue weighted by molar-refractivity contribution is -0.128. The molecule has 1 saturated heterocycles. The lowest BCUT2D eigenvalue weighted by Gasteiger charge is -2.15. The summed E-state index contributed by atoms with van der Waals surface area (Å²) in [6.45, 7) is 0.420. The quantitative estimate of drug-likeness (QED) is 0.880. The third-order valence-corrected chi connectivity index (χ3v) is 4.17. The summed E-state index contributed by atoms with van der Waals surface area (Å²) < 4.78 is 18.1. The number of amides is 3. The van der Waals surface area contributed by atoms with Gasteiger partial charge in [0.1, 0.15) is 5.82 Å². The number of likely N-dealkylation sites (tertiary alicyclic amines) is 1. The molecule has 1 atom stereocenters. The largest absolute Gasteiger partial charge is 0.453 e. The number of nitrogens with zero attached hydrogens (tertiary/aromatic N) is 1. The number of ether oxygens (including phenoxy) is 1. The van der Waals surface area contributed by atoms with Crippen molar-refractivity contribution >= 4 is 29.3 Å². The molecule has 8 heteroatoms. The Bertz CT molecular complexity index is 690. The number of hydrogen-bond acceptors (Lipinski definition) is 4. The number of benzene rings is 1. The number of methoxy groups -OCH3 is 1. The van der Waals surface area contributed by atoms with E-state index in [9.17, 15) is 18.8 Å². The maximum atomic E-state index is 13.7. The molecule has 0 radical (unpaired) electrons. The molecular weight excluding hydrogens is 317 g/mol. The van der Waals surface area contributed by atoms with Gasteiger partial charge in [-0.3, -0.25) is 14.9 Å². The number of rotatable bonds is 4. The molecule has 1 aromatic carbocycles. The van der Waals surface area contributed by atoms with E-state index in [0.717, 1.165) is 18.9 Å². The summed E-state index contributed by atoms with van der Waals surface area (Å²) in [4.78, 5) is 37.2. The monoisotopic (exact) mass is 335 g/mol. The Kier molecular flexibility index (Phi) is 4.37. The second-order valence-corrected chi connectivity index (χ2v) is 5.98. The molecule has 1 saturated carbocycles. The Morgan fingerprint density at radius 1 is 1.29 bits per heavy atom. The Balaban J connectivity index is 1.65. The second kappa shape index (κ2) is 6.46. The third-order valence-electron chi connectivity index (χ3n) is 4.17. The van der Waals surface area contributed by atoms with Crippen molar-refractivity contribution in [2.24, 2.45) is 5.92 Å². The molecule has 2 aliphatic rings. The first-order valence-corrected chi connectivity index (χ1v) is 7.73. The molecule has 1 aliphatic heterocycles. The van der Waals surface area contributed by atoms with Crippen molar-refractivity contribution in [3.05, 3.63) is 24.0 Å². The molecule has 3 amide bonds. The van der Waals surface area contributed by atoms with Gasteiger partial charge in [0.15, 0.2) is 0 Å². The van der Waals surface area contributed by atoms with Gasteiger partial charge in [-0.2, -0.15) is 0 Å². The molecule has 0 spiro atoms. The van der Waals surface area contributed by atoms with Gasteiger partial charge in [0.2, 0.25) is 11.8 Å². The Labute approximate surface area is 138 Å². The van der Waals surface area contributed by atoms with Crippen LogP contribution in [0.4, 0.5) is 20.6 Å².